The molecular weight excluding hydrogens is 350 g/mol. The molecule has 0 N–H and O–H groups in total. The average Bonchev–Trinajstić information content (AvgIpc) is 3.04. The van der Waals surface area contributed by atoms with Crippen LogP contribution in [-0.2, 0) is 19.4 Å². The number of rotatable bonds is 5. The molecule has 5 rings (SSSR count). The minimum absolute atomic E-state index is 0.569. The summed E-state index contributed by atoms with van der Waals surface area (Å²) in [7, 11) is 0. The SMILES string of the molecule is C=CCn1c(Sc2nc(C)nc3sc4c(c23)CCC4)nnc1C1CC1. The lowest BCUT2D eigenvalue weighted by Crippen LogP contribution is -2.03. The lowest BCUT2D eigenvalue weighted by Gasteiger charge is -2.08. The summed E-state index contributed by atoms with van der Waals surface area (Å²) in [6.45, 7) is 6.61. The second-order valence-corrected chi connectivity index (χ2v) is 8.77. The maximum Gasteiger partial charge on any atom is 0.197 e. The van der Waals surface area contributed by atoms with E-state index >= 15 is 0 Å². The molecule has 0 bridgehead atoms. The van der Waals surface area contributed by atoms with Gasteiger partial charge in [0, 0.05) is 22.7 Å². The molecule has 3 aromatic heterocycles. The second-order valence-electron chi connectivity index (χ2n) is 6.73. The fraction of sp³-hybridized carbons (Fsp3) is 0.444. The Hall–Kier alpha value is -1.73. The summed E-state index contributed by atoms with van der Waals surface area (Å²) in [5.74, 6) is 2.49. The summed E-state index contributed by atoms with van der Waals surface area (Å²) in [5, 5.41) is 12.1. The van der Waals surface area contributed by atoms with Gasteiger partial charge < -0.3 is 4.57 Å². The van der Waals surface area contributed by atoms with Gasteiger partial charge >= 0.3 is 0 Å². The van der Waals surface area contributed by atoms with Gasteiger partial charge in [0.15, 0.2) is 5.16 Å². The monoisotopic (exact) mass is 369 g/mol. The van der Waals surface area contributed by atoms with Gasteiger partial charge in [-0.3, -0.25) is 0 Å². The Morgan fingerprint density at radius 1 is 1.28 bits per heavy atom. The van der Waals surface area contributed by atoms with Crippen molar-refractivity contribution in [1.29, 1.82) is 0 Å². The van der Waals surface area contributed by atoms with Gasteiger partial charge in [0.1, 0.15) is 21.5 Å². The van der Waals surface area contributed by atoms with E-state index in [-0.39, 0.29) is 0 Å². The molecular formula is C18H19N5S2. The van der Waals surface area contributed by atoms with Gasteiger partial charge in [0.25, 0.3) is 0 Å². The molecule has 0 aliphatic heterocycles. The van der Waals surface area contributed by atoms with E-state index < -0.39 is 0 Å². The number of thiophene rings is 1. The first-order chi connectivity index (χ1) is 12.2. The van der Waals surface area contributed by atoms with Crippen LogP contribution >= 0.6 is 23.1 Å². The molecule has 0 saturated heterocycles. The molecule has 128 valence electrons. The first kappa shape index (κ1) is 15.5. The van der Waals surface area contributed by atoms with Crippen molar-refractivity contribution in [1.82, 2.24) is 24.7 Å². The van der Waals surface area contributed by atoms with Crippen LogP contribution in [0.3, 0.4) is 0 Å². The van der Waals surface area contributed by atoms with Gasteiger partial charge in [-0.15, -0.1) is 28.1 Å². The Balaban J connectivity index is 1.61. The molecule has 2 aliphatic rings. The molecule has 25 heavy (non-hydrogen) atoms. The molecule has 0 amide bonds. The van der Waals surface area contributed by atoms with Crippen molar-refractivity contribution in [2.45, 2.75) is 61.7 Å². The molecule has 1 saturated carbocycles. The largest absolute Gasteiger partial charge is 0.302 e. The molecule has 2 aliphatic carbocycles. The average molecular weight is 370 g/mol. The Morgan fingerprint density at radius 3 is 2.96 bits per heavy atom. The first-order valence-corrected chi connectivity index (χ1v) is 10.4. The van der Waals surface area contributed by atoms with E-state index in [2.05, 4.69) is 26.3 Å². The molecule has 0 aromatic carbocycles. The number of hydrogen-bond acceptors (Lipinski definition) is 6. The molecule has 5 nitrogen and oxygen atoms in total. The zero-order chi connectivity index (χ0) is 17.0. The summed E-state index contributed by atoms with van der Waals surface area (Å²) < 4.78 is 2.20. The standard InChI is InChI=1S/C18H19N5S2/c1-3-9-23-15(11-7-8-11)21-22-18(23)25-17-14-12-5-4-6-13(12)24-16(14)19-10(2)20-17/h3,11H,1,4-9H2,2H3. The van der Waals surface area contributed by atoms with Crippen LogP contribution in [0.4, 0.5) is 0 Å². The van der Waals surface area contributed by atoms with Crippen LogP contribution in [0.2, 0.25) is 0 Å². The van der Waals surface area contributed by atoms with Gasteiger partial charge in [-0.05, 0) is 56.4 Å². The molecule has 3 heterocycles. The highest BCUT2D eigenvalue weighted by atomic mass is 32.2. The quantitative estimate of drug-likeness (QED) is 0.496. The smallest absolute Gasteiger partial charge is 0.197 e. The fourth-order valence-corrected chi connectivity index (χ4v) is 5.95. The lowest BCUT2D eigenvalue weighted by molar-refractivity contribution is 0.681. The summed E-state index contributed by atoms with van der Waals surface area (Å²) in [6, 6.07) is 0. The number of nitrogens with zero attached hydrogens (tertiary/aromatic N) is 5. The molecule has 0 unspecified atom stereocenters. The van der Waals surface area contributed by atoms with Crippen LogP contribution in [0.15, 0.2) is 22.8 Å². The van der Waals surface area contributed by atoms with E-state index in [0.29, 0.717) is 5.92 Å². The number of fused-ring (bicyclic) bond motifs is 3. The number of aromatic nitrogens is 5. The highest BCUT2D eigenvalue weighted by Gasteiger charge is 2.31. The molecule has 0 spiro atoms. The van der Waals surface area contributed by atoms with Crippen molar-refractivity contribution in [3.63, 3.8) is 0 Å². The van der Waals surface area contributed by atoms with Gasteiger partial charge in [-0.25, -0.2) is 9.97 Å². The van der Waals surface area contributed by atoms with Crippen LogP contribution < -0.4 is 0 Å². The highest BCUT2D eigenvalue weighted by molar-refractivity contribution is 7.99. The van der Waals surface area contributed by atoms with Gasteiger partial charge in [0.2, 0.25) is 0 Å². The third kappa shape index (κ3) is 2.60. The molecule has 7 heteroatoms. The van der Waals surface area contributed by atoms with Gasteiger partial charge in [-0.1, -0.05) is 6.08 Å². The van der Waals surface area contributed by atoms with E-state index in [4.69, 9.17) is 4.98 Å². The molecule has 0 radical (unpaired) electrons. The van der Waals surface area contributed by atoms with Crippen molar-refractivity contribution < 1.29 is 0 Å². The summed E-state index contributed by atoms with van der Waals surface area (Å²) in [5.41, 5.74) is 1.46. The third-order valence-electron chi connectivity index (χ3n) is 4.83. The Labute approximate surface area is 154 Å². The summed E-state index contributed by atoms with van der Waals surface area (Å²) in [4.78, 5) is 12.1. The van der Waals surface area contributed by atoms with Crippen LogP contribution in [0.25, 0.3) is 10.2 Å². The summed E-state index contributed by atoms with van der Waals surface area (Å²) >= 11 is 3.47. The minimum atomic E-state index is 0.569. The lowest BCUT2D eigenvalue weighted by atomic mass is 10.2. The Bertz CT molecular complexity index is 983. The first-order valence-electron chi connectivity index (χ1n) is 8.75. The zero-order valence-corrected chi connectivity index (χ0v) is 15.8. The van der Waals surface area contributed by atoms with E-state index in [0.717, 1.165) is 39.6 Å². The van der Waals surface area contributed by atoms with Crippen molar-refractivity contribution >= 4 is 33.3 Å². The fourth-order valence-electron chi connectivity index (χ4n) is 3.54. The van der Waals surface area contributed by atoms with E-state index in [9.17, 15) is 0 Å². The van der Waals surface area contributed by atoms with Crippen molar-refractivity contribution in [2.75, 3.05) is 0 Å². The predicted octanol–water partition coefficient (Wildman–Crippen LogP) is 4.29. The second kappa shape index (κ2) is 5.92. The van der Waals surface area contributed by atoms with E-state index in [1.165, 1.54) is 41.5 Å². The predicted molar refractivity (Wildman–Crippen MR) is 100 cm³/mol. The minimum Gasteiger partial charge on any atom is -0.302 e. The highest BCUT2D eigenvalue weighted by Crippen LogP contribution is 2.43. The van der Waals surface area contributed by atoms with E-state index in [1.807, 2.05) is 24.3 Å². The van der Waals surface area contributed by atoms with Crippen molar-refractivity contribution in [3.8, 4) is 0 Å². The topological polar surface area (TPSA) is 56.5 Å². The number of hydrogen-bond donors (Lipinski definition) is 0. The molecule has 3 aromatic rings. The summed E-state index contributed by atoms with van der Waals surface area (Å²) in [6.07, 6.45) is 7.92. The Kier molecular flexibility index (Phi) is 3.67. The van der Waals surface area contributed by atoms with Crippen molar-refractivity contribution in [3.05, 3.63) is 34.7 Å². The van der Waals surface area contributed by atoms with Gasteiger partial charge in [0.05, 0.1) is 0 Å². The van der Waals surface area contributed by atoms with Crippen LogP contribution in [-0.4, -0.2) is 24.7 Å². The van der Waals surface area contributed by atoms with Crippen LogP contribution in [0, 0.1) is 6.92 Å². The normalized spacial score (nSPS) is 16.5. The number of allylic oxidation sites excluding steroid dienone is 1. The van der Waals surface area contributed by atoms with Crippen LogP contribution in [0.5, 0.6) is 0 Å². The van der Waals surface area contributed by atoms with Crippen LogP contribution in [0.1, 0.15) is 47.3 Å². The van der Waals surface area contributed by atoms with Gasteiger partial charge in [-0.2, -0.15) is 0 Å². The molecule has 0 atom stereocenters. The molecule has 1 fully saturated rings. The number of aryl methyl sites for hydroxylation is 3. The third-order valence-corrected chi connectivity index (χ3v) is 6.99. The van der Waals surface area contributed by atoms with Crippen molar-refractivity contribution in [2.24, 2.45) is 0 Å². The maximum absolute atomic E-state index is 4.77. The maximum atomic E-state index is 4.77. The van der Waals surface area contributed by atoms with E-state index in [1.54, 1.807) is 11.8 Å². The zero-order valence-electron chi connectivity index (χ0n) is 14.2. The Morgan fingerprint density at radius 2 is 2.16 bits per heavy atom.